The lowest BCUT2D eigenvalue weighted by molar-refractivity contribution is 0.0470. The lowest BCUT2D eigenvalue weighted by Crippen LogP contribution is -2.24. The second-order valence-electron chi connectivity index (χ2n) is 4.93. The zero-order valence-corrected chi connectivity index (χ0v) is 14.9. The number of ketones is 1. The molecular weight excluding hydrogens is 396 g/mol. The largest absolute Gasteiger partial charge is 0.452 e. The molecule has 2 aromatic heterocycles. The number of benzene rings is 1. The Bertz CT molecular complexity index is 1010. The zero-order valence-electron chi connectivity index (χ0n) is 12.5. The van der Waals surface area contributed by atoms with Gasteiger partial charge in [-0.25, -0.2) is 9.48 Å². The number of rotatable bonds is 4. The molecule has 0 aliphatic carbocycles. The highest BCUT2D eigenvalue weighted by atomic mass is 79.9. The predicted molar refractivity (Wildman–Crippen MR) is 93.6 cm³/mol. The highest BCUT2D eigenvalue weighted by Gasteiger charge is 2.19. The highest BCUT2D eigenvalue weighted by molar-refractivity contribution is 9.11. The van der Waals surface area contributed by atoms with Gasteiger partial charge in [-0.3, -0.25) is 9.59 Å². The van der Waals surface area contributed by atoms with E-state index in [-0.39, 0.29) is 23.6 Å². The fourth-order valence-electron chi connectivity index (χ4n) is 2.19. The summed E-state index contributed by atoms with van der Waals surface area (Å²) in [6.07, 6.45) is 0. The van der Waals surface area contributed by atoms with E-state index in [9.17, 15) is 14.4 Å². The van der Waals surface area contributed by atoms with Gasteiger partial charge >= 0.3 is 5.97 Å². The number of halogens is 1. The van der Waals surface area contributed by atoms with E-state index in [1.165, 1.54) is 18.4 Å². The van der Waals surface area contributed by atoms with Crippen molar-refractivity contribution in [3.05, 3.63) is 61.1 Å². The van der Waals surface area contributed by atoms with Crippen LogP contribution >= 0.6 is 27.3 Å². The Labute approximate surface area is 148 Å². The van der Waals surface area contributed by atoms with Gasteiger partial charge < -0.3 is 4.74 Å². The van der Waals surface area contributed by atoms with Crippen LogP contribution in [0.1, 0.15) is 20.2 Å². The maximum absolute atomic E-state index is 12.3. The van der Waals surface area contributed by atoms with Gasteiger partial charge in [0.1, 0.15) is 0 Å². The van der Waals surface area contributed by atoms with Crippen LogP contribution in [0.4, 0.5) is 0 Å². The average Bonchev–Trinajstić information content (AvgIpc) is 3.02. The van der Waals surface area contributed by atoms with Crippen molar-refractivity contribution in [1.82, 2.24) is 9.78 Å². The summed E-state index contributed by atoms with van der Waals surface area (Å²) < 4.78 is 6.98. The molecule has 0 unspecified atom stereocenters. The smallest absolute Gasteiger partial charge is 0.359 e. The van der Waals surface area contributed by atoms with E-state index < -0.39 is 5.97 Å². The molecule has 122 valence electrons. The van der Waals surface area contributed by atoms with E-state index in [4.69, 9.17) is 4.74 Å². The van der Waals surface area contributed by atoms with Crippen LogP contribution < -0.4 is 5.56 Å². The van der Waals surface area contributed by atoms with Gasteiger partial charge in [0.05, 0.1) is 14.0 Å². The average molecular weight is 407 g/mol. The van der Waals surface area contributed by atoms with Crippen LogP contribution in [-0.4, -0.2) is 28.1 Å². The number of Topliss-reactive ketones (excluding diaryl/α,β-unsaturated/α-hetero) is 1. The molecule has 0 spiro atoms. The molecule has 2 heterocycles. The molecule has 8 heteroatoms. The Morgan fingerprint density at radius 2 is 1.92 bits per heavy atom. The van der Waals surface area contributed by atoms with Crippen LogP contribution in [0.25, 0.3) is 10.8 Å². The molecular formula is C16H11BrN2O4S. The number of hydrogen-bond donors (Lipinski definition) is 0. The summed E-state index contributed by atoms with van der Waals surface area (Å²) in [7, 11) is 1.46. The molecule has 0 fully saturated rings. The van der Waals surface area contributed by atoms with Crippen molar-refractivity contribution in [3.8, 4) is 0 Å². The summed E-state index contributed by atoms with van der Waals surface area (Å²) >= 11 is 4.54. The number of aromatic nitrogens is 2. The summed E-state index contributed by atoms with van der Waals surface area (Å²) in [5.41, 5.74) is -0.297. The third-order valence-electron chi connectivity index (χ3n) is 3.33. The molecule has 0 radical (unpaired) electrons. The number of thiophene rings is 1. The van der Waals surface area contributed by atoms with Gasteiger partial charge in [-0.05, 0) is 34.1 Å². The van der Waals surface area contributed by atoms with Crippen LogP contribution in [0, 0.1) is 0 Å². The topological polar surface area (TPSA) is 78.3 Å². The molecule has 3 aromatic rings. The van der Waals surface area contributed by atoms with E-state index in [1.807, 2.05) is 0 Å². The summed E-state index contributed by atoms with van der Waals surface area (Å²) in [6.45, 7) is -0.384. The van der Waals surface area contributed by atoms with Crippen molar-refractivity contribution in [2.75, 3.05) is 6.61 Å². The second kappa shape index (κ2) is 6.66. The van der Waals surface area contributed by atoms with E-state index in [0.717, 1.165) is 8.47 Å². The molecule has 24 heavy (non-hydrogen) atoms. The van der Waals surface area contributed by atoms with Crippen molar-refractivity contribution in [2.45, 2.75) is 0 Å². The lowest BCUT2D eigenvalue weighted by Gasteiger charge is -2.07. The minimum Gasteiger partial charge on any atom is -0.452 e. The number of aryl methyl sites for hydroxylation is 1. The van der Waals surface area contributed by atoms with Crippen molar-refractivity contribution >= 4 is 49.8 Å². The second-order valence-corrected chi connectivity index (χ2v) is 7.39. The SMILES string of the molecule is Cn1nc(C(=O)OCC(=O)c2ccc(Br)s2)c2ccccc2c1=O. The highest BCUT2D eigenvalue weighted by Crippen LogP contribution is 2.22. The molecule has 1 aromatic carbocycles. The molecule has 0 aliphatic heterocycles. The number of carbonyl (C=O) groups excluding carboxylic acids is 2. The maximum Gasteiger partial charge on any atom is 0.359 e. The maximum atomic E-state index is 12.3. The van der Waals surface area contributed by atoms with E-state index in [0.29, 0.717) is 15.6 Å². The third-order valence-corrected chi connectivity index (χ3v) is 5.00. The summed E-state index contributed by atoms with van der Waals surface area (Å²) in [5.74, 6) is -1.04. The molecule has 0 amide bonds. The Kier molecular flexibility index (Phi) is 4.59. The molecule has 0 atom stereocenters. The van der Waals surface area contributed by atoms with Crippen LogP contribution in [0.3, 0.4) is 0 Å². The van der Waals surface area contributed by atoms with E-state index in [2.05, 4.69) is 21.0 Å². The fraction of sp³-hybridized carbons (Fsp3) is 0.125. The van der Waals surface area contributed by atoms with Crippen molar-refractivity contribution in [3.63, 3.8) is 0 Å². The van der Waals surface area contributed by atoms with Crippen LogP contribution in [0.2, 0.25) is 0 Å². The molecule has 0 saturated heterocycles. The first kappa shape index (κ1) is 16.5. The minimum atomic E-state index is -0.745. The quantitative estimate of drug-likeness (QED) is 0.491. The van der Waals surface area contributed by atoms with Gasteiger partial charge in [-0.1, -0.05) is 18.2 Å². The fourth-order valence-corrected chi connectivity index (χ4v) is 3.50. The van der Waals surface area contributed by atoms with Gasteiger partial charge in [0.15, 0.2) is 12.3 Å². The van der Waals surface area contributed by atoms with Crippen LogP contribution in [-0.2, 0) is 11.8 Å². The van der Waals surface area contributed by atoms with E-state index in [1.54, 1.807) is 36.4 Å². The molecule has 0 bridgehead atoms. The number of carbonyl (C=O) groups is 2. The van der Waals surface area contributed by atoms with Crippen LogP contribution in [0.15, 0.2) is 45.0 Å². The third kappa shape index (κ3) is 3.15. The van der Waals surface area contributed by atoms with Gasteiger partial charge in [0, 0.05) is 12.4 Å². The number of esters is 1. The minimum absolute atomic E-state index is 0.00728. The standard InChI is InChI=1S/C16H11BrN2O4S/c1-19-15(21)10-5-3-2-4-9(10)14(18-19)16(22)23-8-11(20)12-6-7-13(17)24-12/h2-7H,8H2,1H3. The van der Waals surface area contributed by atoms with Crippen molar-refractivity contribution < 1.29 is 14.3 Å². The van der Waals surface area contributed by atoms with Crippen molar-refractivity contribution in [1.29, 1.82) is 0 Å². The number of nitrogens with zero attached hydrogens (tertiary/aromatic N) is 2. The first-order valence-corrected chi connectivity index (χ1v) is 8.50. The Morgan fingerprint density at radius 1 is 1.21 bits per heavy atom. The van der Waals surface area contributed by atoms with Crippen molar-refractivity contribution in [2.24, 2.45) is 7.05 Å². The van der Waals surface area contributed by atoms with Crippen LogP contribution in [0.5, 0.6) is 0 Å². The number of fused-ring (bicyclic) bond motifs is 1. The van der Waals surface area contributed by atoms with Gasteiger partial charge in [-0.2, -0.15) is 5.10 Å². The van der Waals surface area contributed by atoms with Gasteiger partial charge in [0.2, 0.25) is 5.78 Å². The Hall–Kier alpha value is -2.32. The normalized spacial score (nSPS) is 10.8. The molecule has 0 saturated carbocycles. The first-order valence-electron chi connectivity index (χ1n) is 6.89. The lowest BCUT2D eigenvalue weighted by atomic mass is 10.1. The Morgan fingerprint density at radius 3 is 2.58 bits per heavy atom. The molecule has 0 aliphatic rings. The van der Waals surface area contributed by atoms with Gasteiger partial charge in [-0.15, -0.1) is 11.3 Å². The van der Waals surface area contributed by atoms with Gasteiger partial charge in [0.25, 0.3) is 5.56 Å². The summed E-state index contributed by atoms with van der Waals surface area (Å²) in [4.78, 5) is 36.9. The molecule has 0 N–H and O–H groups in total. The summed E-state index contributed by atoms with van der Waals surface area (Å²) in [5, 5.41) is 4.74. The monoisotopic (exact) mass is 406 g/mol. The number of hydrogen-bond acceptors (Lipinski definition) is 6. The van der Waals surface area contributed by atoms with E-state index >= 15 is 0 Å². The molecule has 6 nitrogen and oxygen atoms in total. The Balaban J connectivity index is 1.85. The molecule has 3 rings (SSSR count). The summed E-state index contributed by atoms with van der Waals surface area (Å²) in [6, 6.07) is 10.1. The number of ether oxygens (including phenoxy) is 1. The first-order chi connectivity index (χ1) is 11.5. The predicted octanol–water partition coefficient (Wildman–Crippen LogP) is 2.80. The zero-order chi connectivity index (χ0) is 17.3.